The molecule has 1 amide bonds. The minimum atomic E-state index is -0.265. The number of rotatable bonds is 9. The number of ether oxygens (including phenoxy) is 3. The van der Waals surface area contributed by atoms with Crippen LogP contribution < -0.4 is 19.5 Å². The summed E-state index contributed by atoms with van der Waals surface area (Å²) in [5, 5.41) is 4.19. The summed E-state index contributed by atoms with van der Waals surface area (Å²) < 4.78 is 16.7. The molecule has 2 heterocycles. The van der Waals surface area contributed by atoms with Gasteiger partial charge in [-0.1, -0.05) is 12.1 Å². The van der Waals surface area contributed by atoms with E-state index in [1.54, 1.807) is 62.0 Å². The van der Waals surface area contributed by atoms with Gasteiger partial charge in [-0.2, -0.15) is 0 Å². The molecule has 0 atom stereocenters. The van der Waals surface area contributed by atoms with E-state index in [0.717, 1.165) is 5.56 Å². The van der Waals surface area contributed by atoms with Crippen LogP contribution in [0.15, 0.2) is 67.1 Å². The van der Waals surface area contributed by atoms with Crippen LogP contribution in [0.3, 0.4) is 0 Å². The summed E-state index contributed by atoms with van der Waals surface area (Å²) in [6.07, 6.45) is 4.68. The fourth-order valence-electron chi connectivity index (χ4n) is 3.84. The SMILES string of the molecule is COc1cc2c(CNC(=O)c3cccnc3)cnc(C(=O)c3cccc(OC(C)C)c3)c2cc1OC. The van der Waals surface area contributed by atoms with Crippen LogP contribution in [0.25, 0.3) is 10.8 Å². The van der Waals surface area contributed by atoms with E-state index < -0.39 is 0 Å². The lowest BCUT2D eigenvalue weighted by Gasteiger charge is -2.15. The Morgan fingerprint density at radius 3 is 2.31 bits per heavy atom. The van der Waals surface area contributed by atoms with Crippen molar-refractivity contribution in [2.24, 2.45) is 0 Å². The second-order valence-electron chi connectivity index (χ2n) is 8.33. The van der Waals surface area contributed by atoms with Crippen LogP contribution in [0.5, 0.6) is 17.2 Å². The molecule has 0 unspecified atom stereocenters. The highest BCUT2D eigenvalue weighted by molar-refractivity contribution is 6.15. The molecule has 1 N–H and O–H groups in total. The van der Waals surface area contributed by atoms with Crippen LogP contribution in [-0.4, -0.2) is 42.0 Å². The molecule has 0 aliphatic carbocycles. The first-order chi connectivity index (χ1) is 17.4. The summed E-state index contributed by atoms with van der Waals surface area (Å²) in [5.74, 6) is 1.05. The standard InChI is InChI=1S/C28H27N3O5/c1-17(2)36-21-9-5-7-18(11-21)27(32)26-23-13-25(35-4)24(34-3)12-22(23)20(15-30-26)16-31-28(33)19-8-6-10-29-14-19/h5-15,17H,16H2,1-4H3,(H,31,33). The van der Waals surface area contributed by atoms with E-state index in [9.17, 15) is 9.59 Å². The zero-order valence-electron chi connectivity index (χ0n) is 20.6. The van der Waals surface area contributed by atoms with E-state index in [2.05, 4.69) is 15.3 Å². The second kappa shape index (κ2) is 10.9. The average Bonchev–Trinajstić information content (AvgIpc) is 2.90. The Kier molecular flexibility index (Phi) is 7.44. The van der Waals surface area contributed by atoms with Gasteiger partial charge in [-0.3, -0.25) is 19.6 Å². The molecule has 8 nitrogen and oxygen atoms in total. The molecule has 0 radical (unpaired) electrons. The minimum Gasteiger partial charge on any atom is -0.493 e. The van der Waals surface area contributed by atoms with Gasteiger partial charge < -0.3 is 19.5 Å². The highest BCUT2D eigenvalue weighted by atomic mass is 16.5. The zero-order chi connectivity index (χ0) is 25.7. The van der Waals surface area contributed by atoms with Gasteiger partial charge in [0.05, 0.1) is 25.9 Å². The number of carbonyl (C=O) groups excluding carboxylic acids is 2. The van der Waals surface area contributed by atoms with Gasteiger partial charge in [0.1, 0.15) is 11.4 Å². The van der Waals surface area contributed by atoms with Crippen LogP contribution in [0.1, 0.15) is 45.8 Å². The predicted octanol–water partition coefficient (Wildman–Crippen LogP) is 4.60. The number of carbonyl (C=O) groups is 2. The fraction of sp³-hybridized carbons (Fsp3) is 0.214. The van der Waals surface area contributed by atoms with Crippen molar-refractivity contribution < 1.29 is 23.8 Å². The number of benzene rings is 2. The topological polar surface area (TPSA) is 99.6 Å². The normalized spacial score (nSPS) is 10.8. The first kappa shape index (κ1) is 24.7. The van der Waals surface area contributed by atoms with Gasteiger partial charge in [0.15, 0.2) is 11.5 Å². The van der Waals surface area contributed by atoms with E-state index in [1.807, 2.05) is 19.9 Å². The van der Waals surface area contributed by atoms with Crippen molar-refractivity contribution in [1.82, 2.24) is 15.3 Å². The molecule has 0 saturated carbocycles. The van der Waals surface area contributed by atoms with Gasteiger partial charge >= 0.3 is 0 Å². The molecular formula is C28H27N3O5. The number of fused-ring (bicyclic) bond motifs is 1. The maximum absolute atomic E-state index is 13.5. The van der Waals surface area contributed by atoms with E-state index in [0.29, 0.717) is 39.1 Å². The van der Waals surface area contributed by atoms with Gasteiger partial charge in [0.2, 0.25) is 5.78 Å². The number of aromatic nitrogens is 2. The molecular weight excluding hydrogens is 458 g/mol. The van der Waals surface area contributed by atoms with Crippen LogP contribution >= 0.6 is 0 Å². The van der Waals surface area contributed by atoms with Gasteiger partial charge in [0.25, 0.3) is 5.91 Å². The Hall–Kier alpha value is -4.46. The third-order valence-electron chi connectivity index (χ3n) is 5.52. The monoisotopic (exact) mass is 485 g/mol. The number of methoxy groups -OCH3 is 2. The predicted molar refractivity (Wildman–Crippen MR) is 136 cm³/mol. The number of nitrogens with zero attached hydrogens (tertiary/aromatic N) is 2. The molecule has 4 aromatic rings. The third kappa shape index (κ3) is 5.27. The number of pyridine rings is 2. The quantitative estimate of drug-likeness (QED) is 0.346. The molecule has 0 aliphatic rings. The highest BCUT2D eigenvalue weighted by Gasteiger charge is 2.20. The van der Waals surface area contributed by atoms with Crippen LogP contribution in [0.2, 0.25) is 0 Å². The lowest BCUT2D eigenvalue weighted by atomic mass is 9.98. The van der Waals surface area contributed by atoms with Crippen LogP contribution in [-0.2, 0) is 6.54 Å². The molecule has 2 aromatic heterocycles. The van der Waals surface area contributed by atoms with Crippen molar-refractivity contribution in [1.29, 1.82) is 0 Å². The van der Waals surface area contributed by atoms with Crippen LogP contribution in [0, 0.1) is 0 Å². The van der Waals surface area contributed by atoms with Crippen molar-refractivity contribution in [3.8, 4) is 17.2 Å². The summed E-state index contributed by atoms with van der Waals surface area (Å²) in [6, 6.07) is 13.9. The van der Waals surface area contributed by atoms with Gasteiger partial charge in [-0.15, -0.1) is 0 Å². The molecule has 8 heteroatoms. The maximum Gasteiger partial charge on any atom is 0.253 e. The van der Waals surface area contributed by atoms with Crippen molar-refractivity contribution in [2.75, 3.05) is 14.2 Å². The summed E-state index contributed by atoms with van der Waals surface area (Å²) >= 11 is 0. The van der Waals surface area contributed by atoms with Crippen molar-refractivity contribution in [3.05, 3.63) is 89.5 Å². The van der Waals surface area contributed by atoms with Crippen LogP contribution in [0.4, 0.5) is 0 Å². The van der Waals surface area contributed by atoms with Gasteiger partial charge in [-0.05, 0) is 61.2 Å². The van der Waals surface area contributed by atoms with Crippen molar-refractivity contribution >= 4 is 22.5 Å². The Labute approximate surface area is 209 Å². The first-order valence-electron chi connectivity index (χ1n) is 11.4. The van der Waals surface area contributed by atoms with E-state index >= 15 is 0 Å². The highest BCUT2D eigenvalue weighted by Crippen LogP contribution is 2.35. The molecule has 0 bridgehead atoms. The summed E-state index contributed by atoms with van der Waals surface area (Å²) in [7, 11) is 3.07. The number of nitrogens with one attached hydrogen (secondary N) is 1. The average molecular weight is 486 g/mol. The van der Waals surface area contributed by atoms with E-state index in [-0.39, 0.29) is 30.0 Å². The molecule has 36 heavy (non-hydrogen) atoms. The number of ketones is 1. The first-order valence-corrected chi connectivity index (χ1v) is 11.4. The Morgan fingerprint density at radius 1 is 0.917 bits per heavy atom. The molecule has 184 valence electrons. The zero-order valence-corrected chi connectivity index (χ0v) is 20.6. The summed E-state index contributed by atoms with van der Waals surface area (Å²) in [6.45, 7) is 4.04. The number of hydrogen-bond acceptors (Lipinski definition) is 7. The number of hydrogen-bond donors (Lipinski definition) is 1. The maximum atomic E-state index is 13.5. The molecule has 0 aliphatic heterocycles. The summed E-state index contributed by atoms with van der Waals surface area (Å²) in [4.78, 5) is 34.6. The largest absolute Gasteiger partial charge is 0.493 e. The van der Waals surface area contributed by atoms with Gasteiger partial charge in [0, 0.05) is 36.1 Å². The fourth-order valence-corrected chi connectivity index (χ4v) is 3.84. The lowest BCUT2D eigenvalue weighted by molar-refractivity contribution is 0.0949. The van der Waals surface area contributed by atoms with E-state index in [4.69, 9.17) is 14.2 Å². The minimum absolute atomic E-state index is 0.0211. The Bertz CT molecular complexity index is 1400. The molecule has 0 saturated heterocycles. The second-order valence-corrected chi connectivity index (χ2v) is 8.33. The Morgan fingerprint density at radius 2 is 1.64 bits per heavy atom. The molecule has 4 rings (SSSR count). The van der Waals surface area contributed by atoms with Crippen molar-refractivity contribution in [3.63, 3.8) is 0 Å². The third-order valence-corrected chi connectivity index (χ3v) is 5.52. The van der Waals surface area contributed by atoms with E-state index in [1.165, 1.54) is 13.3 Å². The Balaban J connectivity index is 1.75. The molecule has 2 aromatic carbocycles. The molecule has 0 fully saturated rings. The lowest BCUT2D eigenvalue weighted by Crippen LogP contribution is -2.23. The van der Waals surface area contributed by atoms with Crippen molar-refractivity contribution in [2.45, 2.75) is 26.5 Å². The number of amides is 1. The molecule has 0 spiro atoms. The summed E-state index contributed by atoms with van der Waals surface area (Å²) in [5.41, 5.74) is 1.88. The van der Waals surface area contributed by atoms with Gasteiger partial charge in [-0.25, -0.2) is 0 Å². The smallest absolute Gasteiger partial charge is 0.253 e.